The van der Waals surface area contributed by atoms with Gasteiger partial charge in [-0.1, -0.05) is 0 Å². The number of amides is 2. The molecule has 1 fully saturated rings. The van der Waals surface area contributed by atoms with Crippen LogP contribution in [0.1, 0.15) is 39.5 Å². The zero-order valence-corrected chi connectivity index (χ0v) is 12.8. The first-order valence-corrected chi connectivity index (χ1v) is 7.14. The molecule has 1 aliphatic rings. The summed E-state index contributed by atoms with van der Waals surface area (Å²) in [6.07, 6.45) is 2.64. The van der Waals surface area contributed by atoms with Gasteiger partial charge in [-0.3, -0.25) is 9.59 Å². The summed E-state index contributed by atoms with van der Waals surface area (Å²) >= 11 is 0. The summed E-state index contributed by atoms with van der Waals surface area (Å²) in [6, 6.07) is 0.348. The lowest BCUT2D eigenvalue weighted by molar-refractivity contribution is -0.132. The van der Waals surface area contributed by atoms with E-state index in [0.717, 1.165) is 25.7 Å². The van der Waals surface area contributed by atoms with Gasteiger partial charge in [0.25, 0.3) is 0 Å². The second kappa shape index (κ2) is 8.21. The first-order chi connectivity index (χ1) is 9.47. The molecule has 0 aromatic heterocycles. The molecule has 6 nitrogen and oxygen atoms in total. The SMILES string of the molecule is COC(C)C(=O)NC1CCC(NC(=O)[C@@H](C)OC)CC1. The Bertz CT molecular complexity index is 295. The fourth-order valence-corrected chi connectivity index (χ4v) is 2.23. The highest BCUT2D eigenvalue weighted by Crippen LogP contribution is 2.19. The number of methoxy groups -OCH3 is 2. The summed E-state index contributed by atoms with van der Waals surface area (Å²) in [5, 5.41) is 5.95. The lowest BCUT2D eigenvalue weighted by Crippen LogP contribution is -2.47. The van der Waals surface area contributed by atoms with Gasteiger partial charge in [-0.2, -0.15) is 0 Å². The van der Waals surface area contributed by atoms with Crippen molar-refractivity contribution >= 4 is 11.8 Å². The molecule has 2 atom stereocenters. The number of rotatable bonds is 6. The zero-order chi connectivity index (χ0) is 15.1. The van der Waals surface area contributed by atoms with E-state index in [1.165, 1.54) is 14.2 Å². The van der Waals surface area contributed by atoms with Crippen LogP contribution in [0, 0.1) is 0 Å². The number of carbonyl (C=O) groups is 2. The van der Waals surface area contributed by atoms with E-state index in [-0.39, 0.29) is 23.9 Å². The van der Waals surface area contributed by atoms with Crippen LogP contribution in [0.25, 0.3) is 0 Å². The fraction of sp³-hybridized carbons (Fsp3) is 0.857. The van der Waals surface area contributed by atoms with Crippen molar-refractivity contribution in [3.63, 3.8) is 0 Å². The summed E-state index contributed by atoms with van der Waals surface area (Å²) in [4.78, 5) is 23.4. The Hall–Kier alpha value is -1.14. The van der Waals surface area contributed by atoms with E-state index in [1.54, 1.807) is 13.8 Å². The minimum absolute atomic E-state index is 0.0759. The van der Waals surface area contributed by atoms with Gasteiger partial charge < -0.3 is 20.1 Å². The quantitative estimate of drug-likeness (QED) is 0.749. The van der Waals surface area contributed by atoms with E-state index in [9.17, 15) is 9.59 Å². The van der Waals surface area contributed by atoms with Crippen LogP contribution < -0.4 is 10.6 Å². The van der Waals surface area contributed by atoms with Crippen LogP contribution in [0.4, 0.5) is 0 Å². The van der Waals surface area contributed by atoms with Crippen molar-refractivity contribution in [2.24, 2.45) is 0 Å². The molecule has 0 heterocycles. The molecular weight excluding hydrogens is 260 g/mol. The lowest BCUT2D eigenvalue weighted by atomic mass is 9.91. The van der Waals surface area contributed by atoms with Gasteiger partial charge in [0, 0.05) is 26.3 Å². The normalized spacial score (nSPS) is 25.6. The van der Waals surface area contributed by atoms with Crippen molar-refractivity contribution in [1.82, 2.24) is 10.6 Å². The maximum atomic E-state index is 11.7. The Morgan fingerprint density at radius 3 is 1.40 bits per heavy atom. The van der Waals surface area contributed by atoms with E-state index in [1.807, 2.05) is 0 Å². The molecule has 2 N–H and O–H groups in total. The van der Waals surface area contributed by atoms with Crippen molar-refractivity contribution in [2.45, 2.75) is 63.8 Å². The first-order valence-electron chi connectivity index (χ1n) is 7.14. The lowest BCUT2D eigenvalue weighted by Gasteiger charge is -2.30. The van der Waals surface area contributed by atoms with Crippen molar-refractivity contribution in [3.8, 4) is 0 Å². The van der Waals surface area contributed by atoms with Gasteiger partial charge in [-0.15, -0.1) is 0 Å². The van der Waals surface area contributed by atoms with Crippen LogP contribution in [0.5, 0.6) is 0 Å². The van der Waals surface area contributed by atoms with Gasteiger partial charge >= 0.3 is 0 Å². The molecule has 0 spiro atoms. The molecule has 2 amide bonds. The molecule has 0 radical (unpaired) electrons. The molecule has 116 valence electrons. The zero-order valence-electron chi connectivity index (χ0n) is 12.8. The van der Waals surface area contributed by atoms with Gasteiger partial charge in [0.15, 0.2) is 0 Å². The van der Waals surface area contributed by atoms with E-state index in [0.29, 0.717) is 0 Å². The van der Waals surface area contributed by atoms with Crippen LogP contribution in [0.3, 0.4) is 0 Å². The molecule has 6 heteroatoms. The van der Waals surface area contributed by atoms with Crippen molar-refractivity contribution < 1.29 is 19.1 Å². The van der Waals surface area contributed by atoms with Gasteiger partial charge in [-0.05, 0) is 39.5 Å². The first kappa shape index (κ1) is 16.9. The second-order valence-corrected chi connectivity index (χ2v) is 5.32. The average Bonchev–Trinajstić information content (AvgIpc) is 2.47. The molecule has 20 heavy (non-hydrogen) atoms. The van der Waals surface area contributed by atoms with Gasteiger partial charge in [-0.25, -0.2) is 0 Å². The van der Waals surface area contributed by atoms with Crippen molar-refractivity contribution in [3.05, 3.63) is 0 Å². The summed E-state index contributed by atoms with van der Waals surface area (Å²) in [5.74, 6) is -0.152. The van der Waals surface area contributed by atoms with Crippen LogP contribution in [0.2, 0.25) is 0 Å². The number of hydrogen-bond acceptors (Lipinski definition) is 4. The van der Waals surface area contributed by atoms with E-state index >= 15 is 0 Å². The Kier molecular flexibility index (Phi) is 6.95. The maximum Gasteiger partial charge on any atom is 0.249 e. The predicted octanol–water partition coefficient (Wildman–Crippen LogP) is 0.600. The minimum atomic E-state index is -0.421. The molecule has 0 aromatic rings. The van der Waals surface area contributed by atoms with Crippen molar-refractivity contribution in [1.29, 1.82) is 0 Å². The van der Waals surface area contributed by atoms with E-state index in [2.05, 4.69) is 10.6 Å². The molecular formula is C14H26N2O4. The Morgan fingerprint density at radius 1 is 0.850 bits per heavy atom. The Balaban J connectivity index is 2.30. The Labute approximate surface area is 120 Å². The maximum absolute atomic E-state index is 11.7. The number of nitrogens with one attached hydrogen (secondary N) is 2. The number of carbonyl (C=O) groups excluding carboxylic acids is 2. The third kappa shape index (κ3) is 5.09. The van der Waals surface area contributed by atoms with Crippen LogP contribution in [-0.2, 0) is 19.1 Å². The second-order valence-electron chi connectivity index (χ2n) is 5.32. The standard InChI is InChI=1S/C14H26N2O4/c1-9(19-3)13(17)15-11-5-7-12(8-6-11)16-14(18)10(2)20-4/h9-12H,5-8H2,1-4H3,(H,15,17)(H,16,18)/t9-,10?,11?,12?/m1/s1. The topological polar surface area (TPSA) is 76.7 Å². The van der Waals surface area contributed by atoms with Crippen molar-refractivity contribution in [2.75, 3.05) is 14.2 Å². The molecule has 0 aromatic carbocycles. The largest absolute Gasteiger partial charge is 0.372 e. The van der Waals surface area contributed by atoms with E-state index < -0.39 is 12.2 Å². The molecule has 1 unspecified atom stereocenters. The Morgan fingerprint density at radius 2 is 1.15 bits per heavy atom. The third-order valence-electron chi connectivity index (χ3n) is 3.87. The van der Waals surface area contributed by atoms with Crippen LogP contribution in [-0.4, -0.2) is 50.3 Å². The number of ether oxygens (including phenoxy) is 2. The van der Waals surface area contributed by atoms with Gasteiger partial charge in [0.05, 0.1) is 0 Å². The van der Waals surface area contributed by atoms with Crippen LogP contribution in [0.15, 0.2) is 0 Å². The van der Waals surface area contributed by atoms with E-state index in [4.69, 9.17) is 9.47 Å². The number of hydrogen-bond donors (Lipinski definition) is 2. The highest BCUT2D eigenvalue weighted by atomic mass is 16.5. The average molecular weight is 286 g/mol. The molecule has 0 bridgehead atoms. The van der Waals surface area contributed by atoms with Gasteiger partial charge in [0.2, 0.25) is 11.8 Å². The molecule has 0 saturated heterocycles. The molecule has 1 aliphatic carbocycles. The minimum Gasteiger partial charge on any atom is -0.372 e. The predicted molar refractivity (Wildman–Crippen MR) is 75.3 cm³/mol. The molecule has 1 rings (SSSR count). The van der Waals surface area contributed by atoms with Gasteiger partial charge in [0.1, 0.15) is 12.2 Å². The van der Waals surface area contributed by atoms with Crippen LogP contribution >= 0.6 is 0 Å². The summed E-state index contributed by atoms with van der Waals surface area (Å²) in [6.45, 7) is 3.46. The fourth-order valence-electron chi connectivity index (χ4n) is 2.23. The molecule has 1 saturated carbocycles. The monoisotopic (exact) mass is 286 g/mol. The summed E-state index contributed by atoms with van der Waals surface area (Å²) in [5.41, 5.74) is 0. The molecule has 0 aliphatic heterocycles. The smallest absolute Gasteiger partial charge is 0.249 e. The highest BCUT2D eigenvalue weighted by molar-refractivity contribution is 5.81. The highest BCUT2D eigenvalue weighted by Gasteiger charge is 2.25. The third-order valence-corrected chi connectivity index (χ3v) is 3.87. The summed E-state index contributed by atoms with van der Waals surface area (Å²) < 4.78 is 9.97. The summed E-state index contributed by atoms with van der Waals surface area (Å²) in [7, 11) is 3.04.